The van der Waals surface area contributed by atoms with E-state index in [1.165, 1.54) is 16.4 Å². The second kappa shape index (κ2) is 5.05. The smallest absolute Gasteiger partial charge is 0.241 e. The quantitative estimate of drug-likeness (QED) is 0.874. The van der Waals surface area contributed by atoms with E-state index in [0.717, 1.165) is 5.56 Å². The van der Waals surface area contributed by atoms with Crippen LogP contribution in [0.2, 0.25) is 0 Å². The fourth-order valence-corrected chi connectivity index (χ4v) is 3.40. The number of hydrogen-bond donors (Lipinski definition) is 0. The molecule has 0 bridgehead atoms. The first-order valence-corrected chi connectivity index (χ1v) is 8.09. The zero-order valence-electron chi connectivity index (χ0n) is 12.3. The van der Waals surface area contributed by atoms with E-state index in [1.807, 2.05) is 19.1 Å². The molecule has 2 rings (SSSR count). The number of aryl methyl sites for hydroxylation is 1. The van der Waals surface area contributed by atoms with Gasteiger partial charge in [0.2, 0.25) is 0 Å². The molecule has 108 valence electrons. The Hall–Kier alpha value is -1.62. The summed E-state index contributed by atoms with van der Waals surface area (Å²) >= 11 is 0. The van der Waals surface area contributed by atoms with E-state index in [9.17, 15) is 8.42 Å². The first-order chi connectivity index (χ1) is 9.26. The van der Waals surface area contributed by atoms with Crippen LogP contribution >= 0.6 is 0 Å². The molecule has 0 aliphatic heterocycles. The summed E-state index contributed by atoms with van der Waals surface area (Å²) in [6, 6.07) is 7.07. The minimum absolute atomic E-state index is 0.00583. The Morgan fingerprint density at radius 1 is 1.15 bits per heavy atom. The maximum atomic E-state index is 12.6. The maximum Gasteiger partial charge on any atom is 0.269 e. The van der Waals surface area contributed by atoms with Crippen LogP contribution in [0, 0.1) is 0 Å². The molecule has 20 heavy (non-hydrogen) atoms. The minimum Gasteiger partial charge on any atom is -0.241 e. The van der Waals surface area contributed by atoms with Gasteiger partial charge in [-0.3, -0.25) is 0 Å². The molecule has 1 aromatic heterocycles. The lowest BCUT2D eigenvalue weighted by Crippen LogP contribution is -2.16. The van der Waals surface area contributed by atoms with Crippen LogP contribution in [0.3, 0.4) is 0 Å². The fourth-order valence-electron chi connectivity index (χ4n) is 2.03. The zero-order valence-corrected chi connectivity index (χ0v) is 13.1. The summed E-state index contributed by atoms with van der Waals surface area (Å²) in [6.45, 7) is 8.18. The van der Waals surface area contributed by atoms with Crippen molar-refractivity contribution in [3.63, 3.8) is 0 Å². The Bertz CT molecular complexity index is 692. The van der Waals surface area contributed by atoms with Gasteiger partial charge >= 0.3 is 0 Å². The van der Waals surface area contributed by atoms with Crippen LogP contribution < -0.4 is 0 Å². The molecule has 1 heterocycles. The van der Waals surface area contributed by atoms with Crippen molar-refractivity contribution in [2.45, 2.75) is 44.4 Å². The van der Waals surface area contributed by atoms with Crippen LogP contribution in [0.5, 0.6) is 0 Å². The fraction of sp³-hybridized carbons (Fsp3) is 0.400. The third kappa shape index (κ3) is 2.63. The van der Waals surface area contributed by atoms with Crippen LogP contribution in [0.4, 0.5) is 0 Å². The first-order valence-electron chi connectivity index (χ1n) is 6.65. The van der Waals surface area contributed by atoms with Gasteiger partial charge in [0.15, 0.2) is 0 Å². The van der Waals surface area contributed by atoms with Gasteiger partial charge in [-0.15, -0.1) is 0 Å². The van der Waals surface area contributed by atoms with Crippen LogP contribution in [0.1, 0.15) is 39.1 Å². The van der Waals surface area contributed by atoms with Gasteiger partial charge in [0.05, 0.1) is 4.90 Å². The standard InChI is InChI=1S/C15H20N2O2S/c1-5-14-16-10-11-17(14)20(18,19)13-8-6-12(7-9-13)15(2,3)4/h6-11H,5H2,1-4H3. The minimum atomic E-state index is -3.55. The molecule has 0 aliphatic rings. The number of imidazole rings is 1. The first kappa shape index (κ1) is 14.8. The molecule has 0 saturated carbocycles. The van der Waals surface area contributed by atoms with Crippen LogP contribution in [-0.2, 0) is 21.9 Å². The van der Waals surface area contributed by atoms with Crippen molar-refractivity contribution in [2.75, 3.05) is 0 Å². The highest BCUT2D eigenvalue weighted by molar-refractivity contribution is 7.90. The average molecular weight is 292 g/mol. The molecule has 0 aliphatic carbocycles. The number of nitrogens with zero attached hydrogens (tertiary/aromatic N) is 2. The Balaban J connectivity index is 2.46. The van der Waals surface area contributed by atoms with Gasteiger partial charge in [-0.2, -0.15) is 0 Å². The van der Waals surface area contributed by atoms with Crippen LogP contribution in [0.25, 0.3) is 0 Å². The van der Waals surface area contributed by atoms with Gasteiger partial charge in [-0.25, -0.2) is 17.4 Å². The monoisotopic (exact) mass is 292 g/mol. The summed E-state index contributed by atoms with van der Waals surface area (Å²) in [7, 11) is -3.55. The lowest BCUT2D eigenvalue weighted by Gasteiger charge is -2.19. The topological polar surface area (TPSA) is 52.0 Å². The average Bonchev–Trinajstić information content (AvgIpc) is 2.87. The van der Waals surface area contributed by atoms with Gasteiger partial charge in [0, 0.05) is 18.8 Å². The molecule has 4 nitrogen and oxygen atoms in total. The van der Waals surface area contributed by atoms with Crippen molar-refractivity contribution in [3.05, 3.63) is 48.0 Å². The Labute approximate surface area is 120 Å². The maximum absolute atomic E-state index is 12.6. The molecule has 0 unspecified atom stereocenters. The molecular formula is C15H20N2O2S. The molecular weight excluding hydrogens is 272 g/mol. The van der Waals surface area contributed by atoms with Crippen molar-refractivity contribution in [2.24, 2.45) is 0 Å². The van der Waals surface area contributed by atoms with Gasteiger partial charge in [-0.05, 0) is 23.1 Å². The predicted molar refractivity (Wildman–Crippen MR) is 79.3 cm³/mol. The Morgan fingerprint density at radius 3 is 2.25 bits per heavy atom. The summed E-state index contributed by atoms with van der Waals surface area (Å²) < 4.78 is 26.4. The summed E-state index contributed by atoms with van der Waals surface area (Å²) in [5, 5.41) is 0. The number of aromatic nitrogens is 2. The van der Waals surface area contributed by atoms with E-state index >= 15 is 0 Å². The lowest BCUT2D eigenvalue weighted by atomic mass is 9.87. The molecule has 2 aromatic rings. The van der Waals surface area contributed by atoms with Crippen molar-refractivity contribution >= 4 is 10.0 Å². The Morgan fingerprint density at radius 2 is 1.75 bits per heavy atom. The van der Waals surface area contributed by atoms with E-state index < -0.39 is 10.0 Å². The van der Waals surface area contributed by atoms with E-state index in [1.54, 1.807) is 12.1 Å². The zero-order chi connectivity index (χ0) is 15.0. The molecule has 0 N–H and O–H groups in total. The molecule has 0 saturated heterocycles. The molecule has 0 radical (unpaired) electrons. The van der Waals surface area contributed by atoms with E-state index in [-0.39, 0.29) is 5.41 Å². The molecule has 5 heteroatoms. The molecule has 0 fully saturated rings. The second-order valence-corrected chi connectivity index (χ2v) is 7.59. The lowest BCUT2D eigenvalue weighted by molar-refractivity contribution is 0.580. The third-order valence-corrected chi connectivity index (χ3v) is 4.99. The van der Waals surface area contributed by atoms with Crippen molar-refractivity contribution in [3.8, 4) is 0 Å². The molecule has 0 spiro atoms. The summed E-state index contributed by atoms with van der Waals surface area (Å²) in [5.74, 6) is 0.546. The predicted octanol–water partition coefficient (Wildman–Crippen LogP) is 2.98. The summed E-state index contributed by atoms with van der Waals surface area (Å²) in [4.78, 5) is 4.36. The van der Waals surface area contributed by atoms with Gasteiger partial charge < -0.3 is 0 Å². The molecule has 0 amide bonds. The van der Waals surface area contributed by atoms with Gasteiger partial charge in [0.25, 0.3) is 10.0 Å². The molecule has 0 atom stereocenters. The number of benzene rings is 1. The summed E-state index contributed by atoms with van der Waals surface area (Å²) in [6.07, 6.45) is 3.58. The van der Waals surface area contributed by atoms with E-state index in [2.05, 4.69) is 25.8 Å². The highest BCUT2D eigenvalue weighted by Gasteiger charge is 2.20. The Kier molecular flexibility index (Phi) is 3.73. The number of hydrogen-bond acceptors (Lipinski definition) is 3. The van der Waals surface area contributed by atoms with E-state index in [4.69, 9.17) is 0 Å². The van der Waals surface area contributed by atoms with Crippen molar-refractivity contribution in [1.29, 1.82) is 0 Å². The van der Waals surface area contributed by atoms with Crippen molar-refractivity contribution in [1.82, 2.24) is 8.96 Å². The third-order valence-electron chi connectivity index (χ3n) is 3.27. The van der Waals surface area contributed by atoms with Gasteiger partial charge in [0.1, 0.15) is 5.82 Å². The van der Waals surface area contributed by atoms with Crippen molar-refractivity contribution < 1.29 is 8.42 Å². The van der Waals surface area contributed by atoms with Crippen LogP contribution in [0.15, 0.2) is 41.6 Å². The largest absolute Gasteiger partial charge is 0.269 e. The highest BCUT2D eigenvalue weighted by atomic mass is 32.2. The molecule has 1 aromatic carbocycles. The summed E-state index contributed by atoms with van der Waals surface area (Å²) in [5.41, 5.74) is 1.11. The normalized spacial score (nSPS) is 12.6. The highest BCUT2D eigenvalue weighted by Crippen LogP contribution is 2.24. The van der Waals surface area contributed by atoms with Crippen LogP contribution in [-0.4, -0.2) is 17.4 Å². The van der Waals surface area contributed by atoms with E-state index in [0.29, 0.717) is 17.1 Å². The number of rotatable bonds is 3. The van der Waals surface area contributed by atoms with Gasteiger partial charge in [-0.1, -0.05) is 39.8 Å². The SMILES string of the molecule is CCc1nccn1S(=O)(=O)c1ccc(C(C)(C)C)cc1. The second-order valence-electron chi connectivity index (χ2n) is 5.77.